The number of aryl methyl sites for hydroxylation is 1. The first-order valence-electron chi connectivity index (χ1n) is 11.2. The molecule has 1 aliphatic rings. The molecule has 1 heterocycles. The molecule has 2 aromatic rings. The van der Waals surface area contributed by atoms with Gasteiger partial charge >= 0.3 is 0 Å². The van der Waals surface area contributed by atoms with E-state index in [-0.39, 0.29) is 11.9 Å². The number of aromatic nitrogens is 2. The van der Waals surface area contributed by atoms with Gasteiger partial charge in [-0.15, -0.1) is 0 Å². The fraction of sp³-hybridized carbons (Fsp3) is 0.565. The van der Waals surface area contributed by atoms with Crippen LogP contribution >= 0.6 is 11.8 Å². The molecule has 0 spiro atoms. The molecule has 3 N–H and O–H groups in total. The summed E-state index contributed by atoms with van der Waals surface area (Å²) >= 11 is 1.81. The Bertz CT molecular complexity index is 891. The Morgan fingerprint density at radius 3 is 2.97 bits per heavy atom. The Morgan fingerprint density at radius 1 is 1.34 bits per heavy atom. The normalized spacial score (nSPS) is 16.6. The van der Waals surface area contributed by atoms with E-state index in [1.165, 1.54) is 6.07 Å². The van der Waals surface area contributed by atoms with Crippen LogP contribution in [0.4, 0.5) is 14.6 Å². The fourth-order valence-corrected chi connectivity index (χ4v) is 4.41. The van der Waals surface area contributed by atoms with Crippen molar-refractivity contribution in [2.75, 3.05) is 30.4 Å². The molecule has 1 aromatic carbocycles. The first-order valence-corrected chi connectivity index (χ1v) is 12.6. The molecule has 0 bridgehead atoms. The number of benzene rings is 1. The Labute approximate surface area is 192 Å². The lowest BCUT2D eigenvalue weighted by Crippen LogP contribution is -2.48. The quantitative estimate of drug-likeness (QED) is 0.419. The summed E-state index contributed by atoms with van der Waals surface area (Å²) in [7, 11) is 0. The molecule has 1 unspecified atom stereocenters. The van der Waals surface area contributed by atoms with Gasteiger partial charge in [-0.1, -0.05) is 13.3 Å². The van der Waals surface area contributed by atoms with Crippen molar-refractivity contribution in [3.63, 3.8) is 0 Å². The van der Waals surface area contributed by atoms with E-state index in [1.54, 1.807) is 18.1 Å². The molecule has 0 aliphatic heterocycles. The number of carbonyl (C=O) groups excluding carboxylic acids is 1. The molecule has 0 saturated carbocycles. The number of anilines is 1. The monoisotopic (exact) mass is 465 g/mol. The number of nitrogens with zero attached hydrogens (tertiary/aromatic N) is 2. The van der Waals surface area contributed by atoms with Crippen LogP contribution in [0.1, 0.15) is 37.3 Å². The summed E-state index contributed by atoms with van der Waals surface area (Å²) in [5.41, 5.74) is 1.28. The first kappa shape index (κ1) is 24.7. The highest BCUT2D eigenvalue weighted by molar-refractivity contribution is 7.98. The van der Waals surface area contributed by atoms with E-state index in [1.807, 2.05) is 17.7 Å². The van der Waals surface area contributed by atoms with E-state index in [9.17, 15) is 13.6 Å². The number of imidazole rings is 1. The number of halogens is 2. The summed E-state index contributed by atoms with van der Waals surface area (Å²) in [6.07, 6.45) is 8.92. The molecule has 1 amide bonds. The summed E-state index contributed by atoms with van der Waals surface area (Å²) in [6, 6.07) is 1.93. The number of hydrogen-bond acceptors (Lipinski definition) is 5. The molecule has 32 heavy (non-hydrogen) atoms. The zero-order valence-corrected chi connectivity index (χ0v) is 19.6. The van der Waals surface area contributed by atoms with Gasteiger partial charge in [0.05, 0.1) is 12.4 Å². The van der Waals surface area contributed by atoms with Crippen LogP contribution in [0.2, 0.25) is 0 Å². The number of fused-ring (bicyclic) bond motifs is 1. The molecule has 1 aliphatic carbocycles. The van der Waals surface area contributed by atoms with Crippen molar-refractivity contribution < 1.29 is 13.6 Å². The zero-order valence-electron chi connectivity index (χ0n) is 18.8. The Morgan fingerprint density at radius 2 is 2.19 bits per heavy atom. The van der Waals surface area contributed by atoms with Crippen molar-refractivity contribution in [1.82, 2.24) is 20.2 Å². The molecule has 0 saturated heterocycles. The molecule has 9 heteroatoms. The summed E-state index contributed by atoms with van der Waals surface area (Å²) in [5.74, 6) is 0.424. The average molecular weight is 466 g/mol. The minimum Gasteiger partial charge on any atom is -0.334 e. The highest BCUT2D eigenvalue weighted by atomic mass is 32.2. The summed E-state index contributed by atoms with van der Waals surface area (Å²) in [4.78, 5) is 17.2. The third-order valence-corrected chi connectivity index (χ3v) is 6.32. The van der Waals surface area contributed by atoms with Crippen molar-refractivity contribution in [2.24, 2.45) is 0 Å². The van der Waals surface area contributed by atoms with E-state index < -0.39 is 17.7 Å². The van der Waals surface area contributed by atoms with Gasteiger partial charge in [0.25, 0.3) is 0 Å². The molecule has 176 valence electrons. The molecule has 0 radical (unpaired) electrons. The van der Waals surface area contributed by atoms with Crippen LogP contribution in [0.3, 0.4) is 0 Å². The molecule has 1 aromatic heterocycles. The SMILES string of the molecule is CCC[C@H](NC1CCc2cc(F)cc(F)c2C1)C(=O)Nc1cn(CCNCCSC)cn1. The summed E-state index contributed by atoms with van der Waals surface area (Å²) in [6.45, 7) is 4.61. The molecule has 3 rings (SSSR count). The van der Waals surface area contributed by atoms with Crippen molar-refractivity contribution in [3.8, 4) is 0 Å². The molecular formula is C23H33F2N5OS. The molecule has 0 fully saturated rings. The van der Waals surface area contributed by atoms with E-state index in [2.05, 4.69) is 27.2 Å². The largest absolute Gasteiger partial charge is 0.334 e. The minimum absolute atomic E-state index is 0.0327. The third-order valence-electron chi connectivity index (χ3n) is 5.71. The van der Waals surface area contributed by atoms with Crippen LogP contribution in [-0.2, 0) is 24.2 Å². The lowest BCUT2D eigenvalue weighted by Gasteiger charge is -2.29. The van der Waals surface area contributed by atoms with Gasteiger partial charge in [-0.05, 0) is 49.1 Å². The van der Waals surface area contributed by atoms with Crippen molar-refractivity contribution in [2.45, 2.75) is 57.7 Å². The maximum Gasteiger partial charge on any atom is 0.242 e. The van der Waals surface area contributed by atoms with E-state index in [4.69, 9.17) is 0 Å². The van der Waals surface area contributed by atoms with Gasteiger partial charge in [-0.2, -0.15) is 11.8 Å². The maximum absolute atomic E-state index is 14.2. The summed E-state index contributed by atoms with van der Waals surface area (Å²) in [5, 5.41) is 9.67. The van der Waals surface area contributed by atoms with Crippen molar-refractivity contribution in [1.29, 1.82) is 0 Å². The predicted molar refractivity (Wildman–Crippen MR) is 126 cm³/mol. The smallest absolute Gasteiger partial charge is 0.242 e. The maximum atomic E-state index is 14.2. The van der Waals surface area contributed by atoms with Gasteiger partial charge in [0.1, 0.15) is 11.6 Å². The standard InChI is InChI=1S/C23H33F2N5OS/c1-3-4-21(28-18-6-5-16-11-17(24)12-20(25)19(16)13-18)23(31)29-22-14-30(15-27-22)9-7-26-8-10-32-2/h11-12,14-15,18,21,26,28H,3-10,13H2,1-2H3,(H,29,31)/t18?,21-/m0/s1. The van der Waals surface area contributed by atoms with Gasteiger partial charge < -0.3 is 20.5 Å². The van der Waals surface area contributed by atoms with Crippen LogP contribution in [-0.4, -0.2) is 52.6 Å². The van der Waals surface area contributed by atoms with Gasteiger partial charge in [-0.25, -0.2) is 13.8 Å². The second-order valence-electron chi connectivity index (χ2n) is 8.20. The fourth-order valence-electron chi connectivity index (χ4n) is 4.06. The van der Waals surface area contributed by atoms with E-state index in [0.29, 0.717) is 30.6 Å². The number of nitrogens with one attached hydrogen (secondary N) is 3. The minimum atomic E-state index is -0.536. The third kappa shape index (κ3) is 7.02. The van der Waals surface area contributed by atoms with E-state index >= 15 is 0 Å². The lowest BCUT2D eigenvalue weighted by atomic mass is 9.87. The lowest BCUT2D eigenvalue weighted by molar-refractivity contribution is -0.118. The second-order valence-corrected chi connectivity index (χ2v) is 9.19. The van der Waals surface area contributed by atoms with Crippen LogP contribution in [0.5, 0.6) is 0 Å². The van der Waals surface area contributed by atoms with Gasteiger partial charge in [-0.3, -0.25) is 4.79 Å². The zero-order chi connectivity index (χ0) is 22.9. The summed E-state index contributed by atoms with van der Waals surface area (Å²) < 4.78 is 29.6. The number of hydrogen-bond donors (Lipinski definition) is 3. The molecule has 2 atom stereocenters. The number of rotatable bonds is 12. The highest BCUT2D eigenvalue weighted by Crippen LogP contribution is 2.25. The van der Waals surface area contributed by atoms with E-state index in [0.717, 1.165) is 49.9 Å². The second kappa shape index (κ2) is 12.3. The topological polar surface area (TPSA) is 71.0 Å². The van der Waals surface area contributed by atoms with Crippen molar-refractivity contribution >= 4 is 23.5 Å². The van der Waals surface area contributed by atoms with Gasteiger partial charge in [0.2, 0.25) is 5.91 Å². The van der Waals surface area contributed by atoms with Crippen LogP contribution in [0, 0.1) is 11.6 Å². The highest BCUT2D eigenvalue weighted by Gasteiger charge is 2.27. The van der Waals surface area contributed by atoms with Crippen LogP contribution < -0.4 is 16.0 Å². The molecular weight excluding hydrogens is 432 g/mol. The Balaban J connectivity index is 1.54. The van der Waals surface area contributed by atoms with Crippen LogP contribution in [0.25, 0.3) is 0 Å². The van der Waals surface area contributed by atoms with Gasteiger partial charge in [0.15, 0.2) is 5.82 Å². The molecule has 6 nitrogen and oxygen atoms in total. The van der Waals surface area contributed by atoms with Gasteiger partial charge in [0, 0.05) is 43.7 Å². The van der Waals surface area contributed by atoms with Crippen LogP contribution in [0.15, 0.2) is 24.7 Å². The first-order chi connectivity index (χ1) is 15.5. The number of amides is 1. The Hall–Kier alpha value is -1.97. The predicted octanol–water partition coefficient (Wildman–Crippen LogP) is 3.37. The number of thioether (sulfide) groups is 1. The Kier molecular flexibility index (Phi) is 9.50. The van der Waals surface area contributed by atoms with Crippen molar-refractivity contribution in [3.05, 3.63) is 47.4 Å². The number of carbonyl (C=O) groups is 1. The average Bonchev–Trinajstić information content (AvgIpc) is 3.20.